The van der Waals surface area contributed by atoms with Crippen LogP contribution in [-0.4, -0.2) is 66.9 Å². The van der Waals surface area contributed by atoms with Gasteiger partial charge in [0.05, 0.1) is 17.3 Å². The lowest BCUT2D eigenvalue weighted by Crippen LogP contribution is -2.40. The molecule has 1 aromatic heterocycles. The summed E-state index contributed by atoms with van der Waals surface area (Å²) in [5.74, 6) is 1.37. The van der Waals surface area contributed by atoms with Crippen molar-refractivity contribution < 1.29 is 14.9 Å². The molecule has 2 fully saturated rings. The fraction of sp³-hybridized carbons (Fsp3) is 0.714. The average Bonchev–Trinajstić information content (AvgIpc) is 2.88. The van der Waals surface area contributed by atoms with Crippen molar-refractivity contribution >= 4 is 23.5 Å². The van der Waals surface area contributed by atoms with Crippen LogP contribution < -0.4 is 11.2 Å². The van der Waals surface area contributed by atoms with Crippen molar-refractivity contribution in [2.45, 2.75) is 29.9 Å². The number of H-pyrrole nitrogens is 1. The fourth-order valence-electron chi connectivity index (χ4n) is 2.98. The molecule has 0 saturated carbocycles. The number of aliphatic hydroxyl groups is 2. The zero-order valence-corrected chi connectivity index (χ0v) is 15.0. The van der Waals surface area contributed by atoms with Gasteiger partial charge >= 0.3 is 5.69 Å². The lowest BCUT2D eigenvalue weighted by Gasteiger charge is -2.34. The zero-order chi connectivity index (χ0) is 17.4. The maximum atomic E-state index is 12.1. The van der Waals surface area contributed by atoms with Gasteiger partial charge in [0, 0.05) is 29.4 Å². The largest absolute Gasteiger partial charge is 0.394 e. The van der Waals surface area contributed by atoms with E-state index in [1.54, 1.807) is 30.4 Å². The van der Waals surface area contributed by atoms with Gasteiger partial charge in [-0.1, -0.05) is 0 Å². The van der Waals surface area contributed by atoms with E-state index in [1.807, 2.05) is 7.05 Å². The molecule has 0 aliphatic carbocycles. The molecule has 3 heterocycles. The van der Waals surface area contributed by atoms with E-state index in [2.05, 4.69) is 9.88 Å². The highest BCUT2D eigenvalue weighted by Crippen LogP contribution is 2.45. The number of rotatable bonds is 3. The predicted octanol–water partition coefficient (Wildman–Crippen LogP) is -0.635. The van der Waals surface area contributed by atoms with Gasteiger partial charge in [0.2, 0.25) is 0 Å². The summed E-state index contributed by atoms with van der Waals surface area (Å²) >= 11 is 3.38. The van der Waals surface area contributed by atoms with Crippen LogP contribution in [0.2, 0.25) is 0 Å². The highest BCUT2D eigenvalue weighted by atomic mass is 32.2. The van der Waals surface area contributed by atoms with E-state index in [0.717, 1.165) is 11.8 Å². The van der Waals surface area contributed by atoms with Crippen LogP contribution in [0.4, 0.5) is 0 Å². The maximum absolute atomic E-state index is 12.1. The number of aliphatic hydroxyl groups excluding tert-OH is 2. The summed E-state index contributed by atoms with van der Waals surface area (Å²) in [5.41, 5.74) is -0.728. The molecule has 3 rings (SSSR count). The number of nitrogens with one attached hydrogen (secondary N) is 1. The van der Waals surface area contributed by atoms with Gasteiger partial charge in [-0.25, -0.2) is 4.79 Å². The molecule has 4 atom stereocenters. The van der Waals surface area contributed by atoms with Crippen molar-refractivity contribution in [2.75, 3.05) is 25.4 Å². The summed E-state index contributed by atoms with van der Waals surface area (Å²) in [6.45, 7) is 1.35. The second-order valence-electron chi connectivity index (χ2n) is 6.11. The van der Waals surface area contributed by atoms with Crippen LogP contribution in [-0.2, 0) is 4.74 Å². The average molecular weight is 375 g/mol. The molecule has 134 valence electrons. The van der Waals surface area contributed by atoms with Crippen molar-refractivity contribution in [1.29, 1.82) is 0 Å². The van der Waals surface area contributed by atoms with Gasteiger partial charge in [-0.3, -0.25) is 19.2 Å². The topological polar surface area (TPSA) is 108 Å². The van der Waals surface area contributed by atoms with Crippen LogP contribution in [0, 0.1) is 12.8 Å². The number of aromatic nitrogens is 2. The Morgan fingerprint density at radius 3 is 2.67 bits per heavy atom. The minimum Gasteiger partial charge on any atom is -0.394 e. The second kappa shape index (κ2) is 7.22. The molecular formula is C14H21N3O5S2. The Balaban J connectivity index is 1.88. The molecule has 0 bridgehead atoms. The van der Waals surface area contributed by atoms with Gasteiger partial charge in [0.15, 0.2) is 6.23 Å². The summed E-state index contributed by atoms with van der Waals surface area (Å²) < 4.78 is 7.05. The van der Waals surface area contributed by atoms with Crippen molar-refractivity contribution in [3.05, 3.63) is 32.6 Å². The van der Waals surface area contributed by atoms with Crippen LogP contribution in [0.5, 0.6) is 0 Å². The first-order valence-corrected chi connectivity index (χ1v) is 9.70. The lowest BCUT2D eigenvalue weighted by molar-refractivity contribution is -0.0535. The van der Waals surface area contributed by atoms with Crippen LogP contribution in [0.15, 0.2) is 15.8 Å². The first kappa shape index (κ1) is 18.0. The Morgan fingerprint density at radius 1 is 1.38 bits per heavy atom. The van der Waals surface area contributed by atoms with Crippen molar-refractivity contribution in [1.82, 2.24) is 14.5 Å². The number of ether oxygens (including phenoxy) is 1. The molecule has 24 heavy (non-hydrogen) atoms. The Hall–Kier alpha value is -0.780. The molecule has 0 unspecified atom stereocenters. The van der Waals surface area contributed by atoms with E-state index in [1.165, 1.54) is 10.8 Å². The van der Waals surface area contributed by atoms with Crippen LogP contribution in [0.3, 0.4) is 0 Å². The second-order valence-corrected chi connectivity index (χ2v) is 8.61. The van der Waals surface area contributed by atoms with Gasteiger partial charge in [0.1, 0.15) is 6.10 Å². The highest BCUT2D eigenvalue weighted by molar-refractivity contribution is 8.17. The monoisotopic (exact) mass is 375 g/mol. The summed E-state index contributed by atoms with van der Waals surface area (Å²) in [6, 6.07) is 0. The number of thioether (sulfide) groups is 2. The van der Waals surface area contributed by atoms with E-state index in [4.69, 9.17) is 4.74 Å². The quantitative estimate of drug-likeness (QED) is 0.641. The Bertz CT molecular complexity index is 700. The molecule has 2 aliphatic rings. The molecule has 0 spiro atoms. The standard InChI is InChI=1S/C14H21N3O5S2/c1-7-3-17(14(21)15-11(7)20)12-10(19)9(8(4-18)22-12)13-23-5-16(2)6-24-13/h3,8-10,12-13,18-19H,4-6H2,1-2H3,(H,15,20,21)/t8-,9-,10+,12-/m1/s1. The zero-order valence-electron chi connectivity index (χ0n) is 13.4. The predicted molar refractivity (Wildman–Crippen MR) is 93.0 cm³/mol. The SMILES string of the molecule is Cc1cn([C@@H]2O[C@H](CO)[C@@H](C3SCN(C)CS3)[C@@H]2O)c(=O)[nH]c1=O. The Morgan fingerprint density at radius 2 is 2.04 bits per heavy atom. The minimum absolute atomic E-state index is 0.0675. The molecule has 8 nitrogen and oxygen atoms in total. The minimum atomic E-state index is -0.946. The van der Waals surface area contributed by atoms with Crippen molar-refractivity contribution in [3.63, 3.8) is 0 Å². The van der Waals surface area contributed by atoms with Gasteiger partial charge < -0.3 is 14.9 Å². The molecule has 10 heteroatoms. The number of nitrogens with zero attached hydrogens (tertiary/aromatic N) is 2. The van der Waals surface area contributed by atoms with E-state index in [-0.39, 0.29) is 17.1 Å². The number of hydrogen-bond acceptors (Lipinski definition) is 8. The maximum Gasteiger partial charge on any atom is 0.330 e. The molecule has 0 amide bonds. The van der Waals surface area contributed by atoms with Gasteiger partial charge in [-0.2, -0.15) is 0 Å². The van der Waals surface area contributed by atoms with Gasteiger partial charge in [-0.15, -0.1) is 23.5 Å². The normalized spacial score (nSPS) is 32.3. The van der Waals surface area contributed by atoms with Gasteiger partial charge in [0.25, 0.3) is 5.56 Å². The summed E-state index contributed by atoms with van der Waals surface area (Å²) in [6.07, 6.45) is -1.03. The molecule has 0 aromatic carbocycles. The van der Waals surface area contributed by atoms with Crippen LogP contribution in [0.1, 0.15) is 11.8 Å². The summed E-state index contributed by atoms with van der Waals surface area (Å²) in [4.78, 5) is 28.0. The molecule has 1 aromatic rings. The van der Waals surface area contributed by atoms with Crippen LogP contribution >= 0.6 is 23.5 Å². The number of aromatic amines is 1. The fourth-order valence-corrected chi connectivity index (χ4v) is 5.94. The Labute approximate surface area is 147 Å². The molecule has 0 radical (unpaired) electrons. The first-order chi connectivity index (χ1) is 11.4. The van der Waals surface area contributed by atoms with Gasteiger partial charge in [-0.05, 0) is 14.0 Å². The first-order valence-electron chi connectivity index (χ1n) is 7.60. The molecule has 2 aliphatic heterocycles. The third kappa shape index (κ3) is 3.31. The van der Waals surface area contributed by atoms with E-state index in [0.29, 0.717) is 5.56 Å². The molecular weight excluding hydrogens is 354 g/mol. The Kier molecular flexibility index (Phi) is 5.42. The van der Waals surface area contributed by atoms with E-state index >= 15 is 0 Å². The summed E-state index contributed by atoms with van der Waals surface area (Å²) in [7, 11) is 2.02. The highest BCUT2D eigenvalue weighted by Gasteiger charge is 2.49. The smallest absolute Gasteiger partial charge is 0.330 e. The van der Waals surface area contributed by atoms with Crippen molar-refractivity contribution in [3.8, 4) is 0 Å². The lowest BCUT2D eigenvalue weighted by atomic mass is 10.0. The number of hydrogen-bond donors (Lipinski definition) is 3. The third-order valence-corrected chi connectivity index (χ3v) is 7.54. The molecule has 2 saturated heterocycles. The summed E-state index contributed by atoms with van der Waals surface area (Å²) in [5, 5.41) is 20.4. The van der Waals surface area contributed by atoms with Crippen molar-refractivity contribution in [2.24, 2.45) is 5.92 Å². The van der Waals surface area contributed by atoms with E-state index in [9.17, 15) is 19.8 Å². The third-order valence-electron chi connectivity index (χ3n) is 4.26. The van der Waals surface area contributed by atoms with E-state index < -0.39 is 29.7 Å². The number of aryl methyl sites for hydroxylation is 1. The molecule has 3 N–H and O–H groups in total. The van der Waals surface area contributed by atoms with Crippen LogP contribution in [0.25, 0.3) is 0 Å².